The number of benzene rings is 2. The summed E-state index contributed by atoms with van der Waals surface area (Å²) in [5.74, 6) is -1.31. The molecule has 0 saturated heterocycles. The minimum Gasteiger partial charge on any atom is -0.489 e. The van der Waals surface area contributed by atoms with Gasteiger partial charge in [0.15, 0.2) is 5.78 Å². The maximum Gasteiger partial charge on any atom is 0.341 e. The van der Waals surface area contributed by atoms with Crippen LogP contribution in [0.5, 0.6) is 5.75 Å². The van der Waals surface area contributed by atoms with Gasteiger partial charge >= 0.3 is 5.97 Å². The fourth-order valence-electron chi connectivity index (χ4n) is 2.82. The van der Waals surface area contributed by atoms with Crippen molar-refractivity contribution in [2.24, 2.45) is 0 Å². The van der Waals surface area contributed by atoms with Crippen molar-refractivity contribution in [3.8, 4) is 5.75 Å². The Morgan fingerprint density at radius 2 is 1.80 bits per heavy atom. The van der Waals surface area contributed by atoms with Gasteiger partial charge in [0.25, 0.3) is 0 Å². The van der Waals surface area contributed by atoms with E-state index in [1.807, 2.05) is 30.3 Å². The van der Waals surface area contributed by atoms with Gasteiger partial charge in [-0.2, -0.15) is 0 Å². The summed E-state index contributed by atoms with van der Waals surface area (Å²) in [5, 5.41) is 2.93. The Kier molecular flexibility index (Phi) is 9.03. The first-order valence-electron chi connectivity index (χ1n) is 9.52. The van der Waals surface area contributed by atoms with Gasteiger partial charge in [-0.25, -0.2) is 9.18 Å². The fraction of sp³-hybridized carbons (Fsp3) is 0.304. The number of hydrogen-bond donors (Lipinski definition) is 1. The quantitative estimate of drug-likeness (QED) is 0.260. The molecule has 0 bridgehead atoms. The second-order valence-corrected chi connectivity index (χ2v) is 6.45. The molecule has 0 aliphatic carbocycles. The lowest BCUT2D eigenvalue weighted by Crippen LogP contribution is -2.23. The SMILES string of the molecule is CC/C(CNc1ccc(OCc2ccccc2)cc1F)=C(/C(=O)COC)C(=O)OC. The maximum absolute atomic E-state index is 14.5. The summed E-state index contributed by atoms with van der Waals surface area (Å²) in [7, 11) is 2.57. The molecule has 0 aliphatic rings. The third-order valence-corrected chi connectivity index (χ3v) is 4.41. The molecule has 0 spiro atoms. The topological polar surface area (TPSA) is 73.9 Å². The highest BCUT2D eigenvalue weighted by Gasteiger charge is 2.23. The van der Waals surface area contributed by atoms with Crippen LogP contribution in [0.1, 0.15) is 18.9 Å². The minimum absolute atomic E-state index is 0.0717. The summed E-state index contributed by atoms with van der Waals surface area (Å²) in [6.45, 7) is 2.00. The molecular weight excluding hydrogens is 389 g/mol. The number of Topliss-reactive ketones (excluding diaryl/α,β-unsaturated/α-hetero) is 1. The standard InChI is InChI=1S/C23H26FNO5/c1-4-17(22(23(27)29-3)21(26)15-28-2)13-25-20-11-10-18(12-19(20)24)30-14-16-8-6-5-7-9-16/h5-12,25H,4,13-15H2,1-3H3/b22-17+. The molecule has 0 saturated carbocycles. The molecule has 0 unspecified atom stereocenters. The molecule has 2 rings (SSSR count). The van der Waals surface area contributed by atoms with Crippen molar-refractivity contribution >= 4 is 17.4 Å². The van der Waals surface area contributed by atoms with Crippen molar-refractivity contribution < 1.29 is 28.2 Å². The molecule has 0 atom stereocenters. The van der Waals surface area contributed by atoms with Gasteiger partial charge in [0.1, 0.15) is 30.4 Å². The average molecular weight is 415 g/mol. The third kappa shape index (κ3) is 6.42. The van der Waals surface area contributed by atoms with Crippen molar-refractivity contribution in [1.82, 2.24) is 0 Å². The van der Waals surface area contributed by atoms with E-state index < -0.39 is 17.6 Å². The Morgan fingerprint density at radius 3 is 2.40 bits per heavy atom. The van der Waals surface area contributed by atoms with Crippen molar-refractivity contribution in [1.29, 1.82) is 0 Å². The Hall–Kier alpha value is -3.19. The van der Waals surface area contributed by atoms with Crippen LogP contribution in [0, 0.1) is 5.82 Å². The molecule has 0 heterocycles. The smallest absolute Gasteiger partial charge is 0.341 e. The molecule has 0 aromatic heterocycles. The molecule has 0 aliphatic heterocycles. The van der Waals surface area contributed by atoms with Crippen LogP contribution in [-0.2, 0) is 25.7 Å². The summed E-state index contributed by atoms with van der Waals surface area (Å²) < 4.78 is 29.7. The van der Waals surface area contributed by atoms with Crippen LogP contribution in [0.15, 0.2) is 59.7 Å². The Bertz CT molecular complexity index is 896. The zero-order chi connectivity index (χ0) is 21.9. The number of carbonyl (C=O) groups excluding carboxylic acids is 2. The van der Waals surface area contributed by atoms with Gasteiger partial charge in [0.2, 0.25) is 0 Å². The molecule has 0 fully saturated rings. The monoisotopic (exact) mass is 415 g/mol. The van der Waals surface area contributed by atoms with Crippen LogP contribution in [0.4, 0.5) is 10.1 Å². The largest absolute Gasteiger partial charge is 0.489 e. The summed E-state index contributed by atoms with van der Waals surface area (Å²) in [6, 6.07) is 14.1. The summed E-state index contributed by atoms with van der Waals surface area (Å²) in [5.41, 5.74) is 1.65. The number of hydrogen-bond acceptors (Lipinski definition) is 6. The van der Waals surface area contributed by atoms with E-state index in [1.54, 1.807) is 19.1 Å². The Morgan fingerprint density at radius 1 is 1.07 bits per heavy atom. The van der Waals surface area contributed by atoms with Crippen LogP contribution < -0.4 is 10.1 Å². The van der Waals surface area contributed by atoms with Crippen LogP contribution >= 0.6 is 0 Å². The Labute approximate surface area is 175 Å². The van der Waals surface area contributed by atoms with Crippen molar-refractivity contribution in [2.45, 2.75) is 20.0 Å². The van der Waals surface area contributed by atoms with Crippen LogP contribution in [0.3, 0.4) is 0 Å². The third-order valence-electron chi connectivity index (χ3n) is 4.41. The number of halogens is 1. The average Bonchev–Trinajstić information content (AvgIpc) is 2.76. The fourth-order valence-corrected chi connectivity index (χ4v) is 2.82. The highest BCUT2D eigenvalue weighted by Crippen LogP contribution is 2.23. The van der Waals surface area contributed by atoms with Gasteiger partial charge < -0.3 is 19.5 Å². The molecule has 1 N–H and O–H groups in total. The molecule has 0 amide bonds. The molecule has 30 heavy (non-hydrogen) atoms. The number of anilines is 1. The van der Waals surface area contributed by atoms with E-state index in [9.17, 15) is 14.0 Å². The van der Waals surface area contributed by atoms with Gasteiger partial charge in [-0.3, -0.25) is 4.79 Å². The molecule has 2 aromatic carbocycles. The van der Waals surface area contributed by atoms with Crippen molar-refractivity contribution in [3.63, 3.8) is 0 Å². The molecule has 6 nitrogen and oxygen atoms in total. The van der Waals surface area contributed by atoms with E-state index in [4.69, 9.17) is 14.2 Å². The molecule has 160 valence electrons. The number of ether oxygens (including phenoxy) is 3. The zero-order valence-electron chi connectivity index (χ0n) is 17.4. The molecule has 0 radical (unpaired) electrons. The molecule has 7 heteroatoms. The predicted octanol–water partition coefficient (Wildman–Crippen LogP) is 3.91. The van der Waals surface area contributed by atoms with E-state index in [-0.39, 0.29) is 24.4 Å². The highest BCUT2D eigenvalue weighted by atomic mass is 19.1. The first-order valence-corrected chi connectivity index (χ1v) is 9.52. The van der Waals surface area contributed by atoms with Gasteiger partial charge in [0, 0.05) is 19.7 Å². The lowest BCUT2D eigenvalue weighted by molar-refractivity contribution is -0.138. The van der Waals surface area contributed by atoms with Gasteiger partial charge in [0.05, 0.1) is 12.8 Å². The summed E-state index contributed by atoms with van der Waals surface area (Å²) >= 11 is 0. The van der Waals surface area contributed by atoms with E-state index in [1.165, 1.54) is 20.3 Å². The number of carbonyl (C=O) groups is 2. The first kappa shape index (κ1) is 23.1. The van der Waals surface area contributed by atoms with Crippen molar-refractivity contribution in [2.75, 3.05) is 32.7 Å². The molecule has 2 aromatic rings. The van der Waals surface area contributed by atoms with Crippen LogP contribution in [0.25, 0.3) is 0 Å². The summed E-state index contributed by atoms with van der Waals surface area (Å²) in [4.78, 5) is 24.3. The van der Waals surface area contributed by atoms with Crippen LogP contribution in [-0.4, -0.2) is 39.1 Å². The number of nitrogens with one attached hydrogen (secondary N) is 1. The lowest BCUT2D eigenvalue weighted by Gasteiger charge is -2.14. The zero-order valence-corrected chi connectivity index (χ0v) is 17.4. The second kappa shape index (κ2) is 11.7. The lowest BCUT2D eigenvalue weighted by atomic mass is 10.0. The molecular formula is C23H26FNO5. The second-order valence-electron chi connectivity index (χ2n) is 6.45. The van der Waals surface area contributed by atoms with Crippen molar-refractivity contribution in [3.05, 3.63) is 71.1 Å². The van der Waals surface area contributed by atoms with E-state index in [2.05, 4.69) is 5.32 Å². The van der Waals surface area contributed by atoms with Gasteiger partial charge in [-0.15, -0.1) is 0 Å². The van der Waals surface area contributed by atoms with E-state index in [0.717, 1.165) is 5.56 Å². The number of ketones is 1. The normalized spacial score (nSPS) is 11.5. The number of esters is 1. The predicted molar refractivity (Wildman–Crippen MR) is 112 cm³/mol. The maximum atomic E-state index is 14.5. The minimum atomic E-state index is -0.735. The van der Waals surface area contributed by atoms with Gasteiger partial charge in [-0.1, -0.05) is 37.3 Å². The first-order chi connectivity index (χ1) is 14.5. The van der Waals surface area contributed by atoms with E-state index >= 15 is 0 Å². The van der Waals surface area contributed by atoms with E-state index in [0.29, 0.717) is 24.4 Å². The summed E-state index contributed by atoms with van der Waals surface area (Å²) in [6.07, 6.45) is 0.410. The highest BCUT2D eigenvalue weighted by molar-refractivity contribution is 6.18. The van der Waals surface area contributed by atoms with Crippen LogP contribution in [0.2, 0.25) is 0 Å². The van der Waals surface area contributed by atoms with Gasteiger partial charge in [-0.05, 0) is 29.7 Å². The number of rotatable bonds is 11. The Balaban J connectivity index is 2.10. The number of methoxy groups -OCH3 is 2.